The number of sulfonamides is 1. The molecule has 1 aromatic rings. The minimum absolute atomic E-state index is 0.0503. The van der Waals surface area contributed by atoms with E-state index in [1.807, 2.05) is 6.92 Å². The van der Waals surface area contributed by atoms with Gasteiger partial charge in [-0.05, 0) is 31.9 Å². The smallest absolute Gasteiger partial charge is 0.243 e. The molecule has 0 amide bonds. The molecule has 0 aromatic carbocycles. The van der Waals surface area contributed by atoms with E-state index in [4.69, 9.17) is 5.26 Å². The van der Waals surface area contributed by atoms with Gasteiger partial charge >= 0.3 is 0 Å². The van der Waals surface area contributed by atoms with E-state index in [0.29, 0.717) is 0 Å². The number of hydrogen-bond donors (Lipinski definition) is 1. The second-order valence-corrected chi connectivity index (χ2v) is 5.78. The standard InChI is InChI=1S/C10H11N3O2S/c1-10(4-5-10)13-16(14,15)9-3-2-6-12-8(9)7-11/h2-3,6,13H,4-5H2,1H3. The van der Waals surface area contributed by atoms with Crippen molar-refractivity contribution in [1.29, 1.82) is 5.26 Å². The van der Waals surface area contributed by atoms with Crippen LogP contribution in [0, 0.1) is 11.3 Å². The molecule has 0 bridgehead atoms. The SMILES string of the molecule is CC1(NS(=O)(=O)c2cccnc2C#N)CC1. The largest absolute Gasteiger partial charge is 0.244 e. The number of hydrogen-bond acceptors (Lipinski definition) is 4. The fourth-order valence-corrected chi connectivity index (χ4v) is 2.93. The summed E-state index contributed by atoms with van der Waals surface area (Å²) in [7, 11) is -3.63. The van der Waals surface area contributed by atoms with Gasteiger partial charge in [0.2, 0.25) is 10.0 Å². The lowest BCUT2D eigenvalue weighted by atomic mass is 10.4. The normalized spacial score (nSPS) is 17.8. The highest BCUT2D eigenvalue weighted by Crippen LogP contribution is 2.36. The predicted octanol–water partition coefficient (Wildman–Crippen LogP) is 0.784. The highest BCUT2D eigenvalue weighted by molar-refractivity contribution is 7.89. The van der Waals surface area contributed by atoms with E-state index in [9.17, 15) is 8.42 Å². The molecule has 0 aliphatic heterocycles. The Kier molecular flexibility index (Phi) is 2.45. The van der Waals surface area contributed by atoms with Gasteiger partial charge in [0, 0.05) is 11.7 Å². The van der Waals surface area contributed by atoms with Crippen molar-refractivity contribution in [2.45, 2.75) is 30.2 Å². The van der Waals surface area contributed by atoms with Gasteiger partial charge in [0.15, 0.2) is 5.69 Å². The third-order valence-corrected chi connectivity index (χ3v) is 4.22. The first-order chi connectivity index (χ1) is 7.47. The zero-order valence-electron chi connectivity index (χ0n) is 8.77. The van der Waals surface area contributed by atoms with E-state index in [2.05, 4.69) is 9.71 Å². The van der Waals surface area contributed by atoms with Crippen LogP contribution < -0.4 is 4.72 Å². The zero-order chi connectivity index (χ0) is 11.8. The molecule has 0 atom stereocenters. The van der Waals surface area contributed by atoms with E-state index in [1.165, 1.54) is 18.3 Å². The summed E-state index contributed by atoms with van der Waals surface area (Å²) in [6, 6.07) is 4.67. The minimum Gasteiger partial charge on any atom is -0.244 e. The van der Waals surface area contributed by atoms with Crippen LogP contribution in [0.3, 0.4) is 0 Å². The first kappa shape index (κ1) is 11.0. The van der Waals surface area contributed by atoms with Crippen LogP contribution in [-0.4, -0.2) is 18.9 Å². The maximum atomic E-state index is 12.0. The summed E-state index contributed by atoms with van der Waals surface area (Å²) < 4.78 is 26.5. The summed E-state index contributed by atoms with van der Waals surface area (Å²) in [6.07, 6.45) is 3.05. The molecule has 1 fully saturated rings. The Hall–Kier alpha value is -1.45. The van der Waals surface area contributed by atoms with Gasteiger partial charge in [0.1, 0.15) is 11.0 Å². The Morgan fingerprint density at radius 2 is 2.25 bits per heavy atom. The molecule has 16 heavy (non-hydrogen) atoms. The summed E-state index contributed by atoms with van der Waals surface area (Å²) >= 11 is 0. The summed E-state index contributed by atoms with van der Waals surface area (Å²) in [5.41, 5.74) is -0.416. The molecule has 0 radical (unpaired) electrons. The molecule has 6 heteroatoms. The van der Waals surface area contributed by atoms with E-state index >= 15 is 0 Å². The highest BCUT2D eigenvalue weighted by Gasteiger charge is 2.41. The molecule has 0 spiro atoms. The molecule has 1 heterocycles. The molecule has 0 saturated heterocycles. The van der Waals surface area contributed by atoms with Crippen molar-refractivity contribution in [2.24, 2.45) is 0 Å². The van der Waals surface area contributed by atoms with Crippen LogP contribution >= 0.6 is 0 Å². The van der Waals surface area contributed by atoms with Gasteiger partial charge in [-0.3, -0.25) is 0 Å². The Balaban J connectivity index is 2.40. The van der Waals surface area contributed by atoms with Crippen molar-refractivity contribution < 1.29 is 8.42 Å². The Labute approximate surface area is 94.2 Å². The van der Waals surface area contributed by atoms with Crippen LogP contribution in [-0.2, 0) is 10.0 Å². The fourth-order valence-electron chi connectivity index (χ4n) is 1.36. The number of aromatic nitrogens is 1. The highest BCUT2D eigenvalue weighted by atomic mass is 32.2. The van der Waals surface area contributed by atoms with Gasteiger partial charge in [-0.1, -0.05) is 0 Å². The number of rotatable bonds is 3. The van der Waals surface area contributed by atoms with Gasteiger partial charge in [-0.25, -0.2) is 18.1 Å². The summed E-state index contributed by atoms with van der Waals surface area (Å²) in [6.45, 7) is 1.84. The van der Waals surface area contributed by atoms with Gasteiger partial charge in [-0.2, -0.15) is 5.26 Å². The molecule has 84 valence electrons. The summed E-state index contributed by atoms with van der Waals surface area (Å²) in [5.74, 6) is 0. The van der Waals surface area contributed by atoms with Crippen molar-refractivity contribution in [2.75, 3.05) is 0 Å². The van der Waals surface area contributed by atoms with Crippen molar-refractivity contribution in [3.8, 4) is 6.07 Å². The van der Waals surface area contributed by atoms with Gasteiger partial charge in [-0.15, -0.1) is 0 Å². The minimum atomic E-state index is -3.63. The molecule has 1 saturated carbocycles. The van der Waals surface area contributed by atoms with Crippen LogP contribution in [0.25, 0.3) is 0 Å². The summed E-state index contributed by atoms with van der Waals surface area (Å²) in [5, 5.41) is 8.79. The van der Waals surface area contributed by atoms with Crippen LogP contribution in [0.4, 0.5) is 0 Å². The zero-order valence-corrected chi connectivity index (χ0v) is 9.58. The van der Waals surface area contributed by atoms with Crippen molar-refractivity contribution >= 4 is 10.0 Å². The van der Waals surface area contributed by atoms with Gasteiger partial charge in [0.25, 0.3) is 0 Å². The number of nitriles is 1. The molecule has 1 aliphatic carbocycles. The first-order valence-electron chi connectivity index (χ1n) is 4.86. The van der Waals surface area contributed by atoms with Gasteiger partial charge < -0.3 is 0 Å². The average molecular weight is 237 g/mol. The first-order valence-corrected chi connectivity index (χ1v) is 6.34. The quantitative estimate of drug-likeness (QED) is 0.842. The third kappa shape index (κ3) is 2.05. The topological polar surface area (TPSA) is 82.8 Å². The number of nitrogens with one attached hydrogen (secondary N) is 1. The van der Waals surface area contributed by atoms with Gasteiger partial charge in [0.05, 0.1) is 0 Å². The molecule has 0 unspecified atom stereocenters. The molecular weight excluding hydrogens is 226 g/mol. The van der Waals surface area contributed by atoms with E-state index in [1.54, 1.807) is 6.07 Å². The average Bonchev–Trinajstić information content (AvgIpc) is 2.95. The van der Waals surface area contributed by atoms with Crippen LogP contribution in [0.2, 0.25) is 0 Å². The fraction of sp³-hybridized carbons (Fsp3) is 0.400. The second kappa shape index (κ2) is 3.54. The predicted molar refractivity (Wildman–Crippen MR) is 56.9 cm³/mol. The molecule has 5 nitrogen and oxygen atoms in total. The monoisotopic (exact) mass is 237 g/mol. The lowest BCUT2D eigenvalue weighted by Gasteiger charge is -2.12. The summed E-state index contributed by atoms with van der Waals surface area (Å²) in [4.78, 5) is 3.68. The number of nitrogens with zero attached hydrogens (tertiary/aromatic N) is 2. The lowest BCUT2D eigenvalue weighted by Crippen LogP contribution is -2.34. The Morgan fingerprint density at radius 1 is 1.56 bits per heavy atom. The molecule has 1 aliphatic rings. The Morgan fingerprint density at radius 3 is 2.81 bits per heavy atom. The molecular formula is C10H11N3O2S. The maximum absolute atomic E-state index is 12.0. The Bertz CT molecular complexity index is 556. The van der Waals surface area contributed by atoms with Crippen molar-refractivity contribution in [1.82, 2.24) is 9.71 Å². The lowest BCUT2D eigenvalue weighted by molar-refractivity contribution is 0.557. The molecule has 1 aromatic heterocycles. The number of pyridine rings is 1. The van der Waals surface area contributed by atoms with Crippen molar-refractivity contribution in [3.63, 3.8) is 0 Å². The third-order valence-electron chi connectivity index (χ3n) is 2.55. The van der Waals surface area contributed by atoms with Crippen molar-refractivity contribution in [3.05, 3.63) is 24.0 Å². The van der Waals surface area contributed by atoms with Crippen LogP contribution in [0.15, 0.2) is 23.2 Å². The van der Waals surface area contributed by atoms with E-state index in [0.717, 1.165) is 12.8 Å². The van der Waals surface area contributed by atoms with E-state index in [-0.39, 0.29) is 16.1 Å². The van der Waals surface area contributed by atoms with Crippen LogP contribution in [0.5, 0.6) is 0 Å². The maximum Gasteiger partial charge on any atom is 0.243 e. The van der Waals surface area contributed by atoms with Crippen LogP contribution in [0.1, 0.15) is 25.5 Å². The molecule has 1 N–H and O–H groups in total. The molecule has 2 rings (SSSR count). The second-order valence-electron chi connectivity index (χ2n) is 4.13. The van der Waals surface area contributed by atoms with E-state index < -0.39 is 10.0 Å².